The number of carboxylic acids is 1. The van der Waals surface area contributed by atoms with Gasteiger partial charge in [0, 0.05) is 38.1 Å². The Hall–Kier alpha value is -2.08. The van der Waals surface area contributed by atoms with E-state index in [0.717, 1.165) is 42.1 Å². The zero-order chi connectivity index (χ0) is 23.8. The molecule has 4 aliphatic rings. The molecule has 34 heavy (non-hydrogen) atoms. The minimum absolute atomic E-state index is 0.0555. The van der Waals surface area contributed by atoms with Crippen molar-refractivity contribution >= 4 is 23.3 Å². The highest BCUT2D eigenvalue weighted by molar-refractivity contribution is 5.96. The van der Waals surface area contributed by atoms with Crippen molar-refractivity contribution in [2.75, 3.05) is 23.4 Å². The Morgan fingerprint density at radius 2 is 1.47 bits per heavy atom. The van der Waals surface area contributed by atoms with Gasteiger partial charge in [-0.1, -0.05) is 37.8 Å². The average Bonchev–Trinajstić information content (AvgIpc) is 2.78. The van der Waals surface area contributed by atoms with Gasteiger partial charge in [-0.2, -0.15) is 0 Å². The molecule has 2 saturated carbocycles. The molecular formula is C28H41N3O3. The van der Waals surface area contributed by atoms with Crippen molar-refractivity contribution < 1.29 is 14.7 Å². The first kappa shape index (κ1) is 23.7. The molecule has 4 bridgehead atoms. The van der Waals surface area contributed by atoms with Gasteiger partial charge in [-0.05, 0) is 68.9 Å². The molecular weight excluding hydrogens is 426 g/mol. The summed E-state index contributed by atoms with van der Waals surface area (Å²) in [5, 5.41) is 9.33. The van der Waals surface area contributed by atoms with E-state index in [2.05, 4.69) is 4.90 Å². The zero-order valence-electron chi connectivity index (χ0n) is 20.9. The molecule has 6 nitrogen and oxygen atoms in total. The summed E-state index contributed by atoms with van der Waals surface area (Å²) in [5.41, 5.74) is 1.66. The molecule has 4 unspecified atom stereocenters. The monoisotopic (exact) mass is 467 g/mol. The topological polar surface area (TPSA) is 64.1 Å². The fourth-order valence-corrected chi connectivity index (χ4v) is 8.04. The molecule has 1 aromatic rings. The van der Waals surface area contributed by atoms with Crippen LogP contribution < -0.4 is 9.80 Å². The van der Waals surface area contributed by atoms with Gasteiger partial charge in [0.05, 0.1) is 11.4 Å². The molecule has 4 atom stereocenters. The van der Waals surface area contributed by atoms with Crippen molar-refractivity contribution in [3.05, 3.63) is 24.3 Å². The third-order valence-electron chi connectivity index (χ3n) is 9.16. The van der Waals surface area contributed by atoms with E-state index in [4.69, 9.17) is 0 Å². The third-order valence-corrected chi connectivity index (χ3v) is 9.16. The quantitative estimate of drug-likeness (QED) is 0.644. The maximum atomic E-state index is 13.1. The number of piperidine rings is 2. The van der Waals surface area contributed by atoms with Crippen LogP contribution in [0.4, 0.5) is 11.4 Å². The van der Waals surface area contributed by atoms with Crippen LogP contribution in [-0.2, 0) is 9.59 Å². The van der Waals surface area contributed by atoms with Gasteiger partial charge in [-0.25, -0.2) is 0 Å². The van der Waals surface area contributed by atoms with Crippen LogP contribution in [0.25, 0.3) is 0 Å². The number of carbonyl (C=O) groups excluding carboxylic acids is 1. The molecule has 1 amide bonds. The van der Waals surface area contributed by atoms with Gasteiger partial charge in [0.2, 0.25) is 5.91 Å². The van der Waals surface area contributed by atoms with Crippen molar-refractivity contribution in [3.8, 4) is 0 Å². The largest absolute Gasteiger partial charge is 0.480 e. The Kier molecular flexibility index (Phi) is 6.88. The number of nitrogens with zero attached hydrogens (tertiary/aromatic N) is 3. The van der Waals surface area contributed by atoms with Crippen LogP contribution in [0.3, 0.4) is 0 Å². The van der Waals surface area contributed by atoms with Gasteiger partial charge >= 0.3 is 5.97 Å². The number of amides is 1. The number of carbonyl (C=O) groups is 2. The van der Waals surface area contributed by atoms with Crippen LogP contribution in [-0.4, -0.2) is 59.6 Å². The first-order chi connectivity index (χ1) is 16.4. The van der Waals surface area contributed by atoms with E-state index in [0.29, 0.717) is 12.1 Å². The Morgan fingerprint density at radius 1 is 0.882 bits per heavy atom. The molecule has 0 radical (unpaired) electrons. The fraction of sp³-hybridized carbons (Fsp3) is 0.714. The summed E-state index contributed by atoms with van der Waals surface area (Å²) in [6.07, 6.45) is 14.3. The molecule has 0 spiro atoms. The second-order valence-electron chi connectivity index (χ2n) is 11.5. The summed E-state index contributed by atoms with van der Waals surface area (Å²) < 4.78 is 0. The lowest BCUT2D eigenvalue weighted by atomic mass is 9.68. The summed E-state index contributed by atoms with van der Waals surface area (Å²) in [7, 11) is 1.79. The van der Waals surface area contributed by atoms with Crippen LogP contribution in [0.1, 0.15) is 77.6 Å². The molecule has 1 N–H and O–H groups in total. The standard InChI is InChI=1S/C28H41N3O3/c1-19(32)30(27-12-4-3-11-26(27)29(2)18-28(33)34)25-16-22-9-6-10-23(17-25)31(22)24-14-20-7-5-8-21(13-20)15-24/h3-4,11-12,20-25H,5-10,13-18H2,1-2H3,(H,33,34). The third kappa shape index (κ3) is 4.71. The predicted octanol–water partition coefficient (Wildman–Crippen LogP) is 4.91. The molecule has 186 valence electrons. The molecule has 2 aliphatic carbocycles. The number of benzene rings is 1. The number of carboxylic acid groups (broad SMARTS) is 1. The molecule has 2 heterocycles. The second kappa shape index (κ2) is 9.88. The highest BCUT2D eigenvalue weighted by atomic mass is 16.4. The Bertz CT molecular complexity index is 879. The Balaban J connectivity index is 1.38. The van der Waals surface area contributed by atoms with Gasteiger partial charge in [0.15, 0.2) is 0 Å². The van der Waals surface area contributed by atoms with Crippen molar-refractivity contribution in [1.82, 2.24) is 4.90 Å². The Morgan fingerprint density at radius 3 is 2.06 bits per heavy atom. The summed E-state index contributed by atoms with van der Waals surface area (Å²) in [6.45, 7) is 1.58. The lowest BCUT2D eigenvalue weighted by Crippen LogP contribution is -2.61. The SMILES string of the molecule is CC(=O)N(c1ccccc1N(C)CC(=O)O)C1CC2CCCC(C1)N2C1CC2CCCC(C2)C1. The average molecular weight is 468 g/mol. The second-order valence-corrected chi connectivity index (χ2v) is 11.5. The number of rotatable bonds is 6. The van der Waals surface area contributed by atoms with Gasteiger partial charge in [-0.3, -0.25) is 14.5 Å². The van der Waals surface area contributed by atoms with E-state index in [1.807, 2.05) is 29.2 Å². The van der Waals surface area contributed by atoms with Crippen LogP contribution in [0.15, 0.2) is 24.3 Å². The summed E-state index contributed by atoms with van der Waals surface area (Å²) >= 11 is 0. The van der Waals surface area contributed by atoms with E-state index < -0.39 is 5.97 Å². The number of anilines is 2. The van der Waals surface area contributed by atoms with Gasteiger partial charge < -0.3 is 14.9 Å². The van der Waals surface area contributed by atoms with Crippen molar-refractivity contribution in [2.45, 2.75) is 102 Å². The highest BCUT2D eigenvalue weighted by Crippen LogP contribution is 2.47. The first-order valence-electron chi connectivity index (χ1n) is 13.5. The Labute approximate surface area is 204 Å². The number of hydrogen-bond donors (Lipinski definition) is 1. The van der Waals surface area contributed by atoms with E-state index in [-0.39, 0.29) is 18.5 Å². The van der Waals surface area contributed by atoms with E-state index in [1.54, 1.807) is 18.9 Å². The molecule has 6 heteroatoms. The molecule has 2 aliphatic heterocycles. The number of likely N-dealkylation sites (N-methyl/N-ethyl adjacent to an activating group) is 1. The van der Waals surface area contributed by atoms with Gasteiger partial charge in [0.25, 0.3) is 0 Å². The summed E-state index contributed by atoms with van der Waals surface area (Å²) in [5.74, 6) is 1.05. The zero-order valence-corrected chi connectivity index (χ0v) is 20.9. The maximum absolute atomic E-state index is 13.1. The summed E-state index contributed by atoms with van der Waals surface area (Å²) in [6, 6.07) is 9.84. The number of fused-ring (bicyclic) bond motifs is 4. The minimum atomic E-state index is -0.869. The molecule has 0 aromatic heterocycles. The van der Waals surface area contributed by atoms with Crippen molar-refractivity contribution in [3.63, 3.8) is 0 Å². The predicted molar refractivity (Wildman–Crippen MR) is 135 cm³/mol. The van der Waals surface area contributed by atoms with Crippen molar-refractivity contribution in [1.29, 1.82) is 0 Å². The fourth-order valence-electron chi connectivity index (χ4n) is 8.04. The maximum Gasteiger partial charge on any atom is 0.323 e. The number of para-hydroxylation sites is 2. The lowest BCUT2D eigenvalue weighted by Gasteiger charge is -2.56. The lowest BCUT2D eigenvalue weighted by molar-refractivity contribution is -0.135. The van der Waals surface area contributed by atoms with Gasteiger partial charge in [-0.15, -0.1) is 0 Å². The molecule has 4 fully saturated rings. The smallest absolute Gasteiger partial charge is 0.323 e. The van der Waals surface area contributed by atoms with Crippen LogP contribution in [0.5, 0.6) is 0 Å². The van der Waals surface area contributed by atoms with Crippen LogP contribution >= 0.6 is 0 Å². The van der Waals surface area contributed by atoms with Gasteiger partial charge in [0.1, 0.15) is 6.54 Å². The number of aliphatic carboxylic acids is 1. The van der Waals surface area contributed by atoms with Crippen molar-refractivity contribution in [2.24, 2.45) is 11.8 Å². The minimum Gasteiger partial charge on any atom is -0.480 e. The normalized spacial score (nSPS) is 33.2. The molecule has 5 rings (SSSR count). The van der Waals surface area contributed by atoms with E-state index in [9.17, 15) is 14.7 Å². The van der Waals surface area contributed by atoms with E-state index in [1.165, 1.54) is 57.8 Å². The highest BCUT2D eigenvalue weighted by Gasteiger charge is 2.46. The van der Waals surface area contributed by atoms with Crippen LogP contribution in [0, 0.1) is 11.8 Å². The number of hydrogen-bond acceptors (Lipinski definition) is 4. The molecule has 1 aromatic carbocycles. The first-order valence-corrected chi connectivity index (χ1v) is 13.5. The van der Waals surface area contributed by atoms with Crippen LogP contribution in [0.2, 0.25) is 0 Å². The van der Waals surface area contributed by atoms with E-state index >= 15 is 0 Å². The summed E-state index contributed by atoms with van der Waals surface area (Å²) in [4.78, 5) is 31.1. The molecule has 2 saturated heterocycles.